The fourth-order valence-electron chi connectivity index (χ4n) is 1.97. The zero-order chi connectivity index (χ0) is 18.4. The molecule has 0 atom stereocenters. The summed E-state index contributed by atoms with van der Waals surface area (Å²) in [4.78, 5) is 23.2. The van der Waals surface area contributed by atoms with Crippen molar-refractivity contribution < 1.29 is 19.4 Å². The lowest BCUT2D eigenvalue weighted by molar-refractivity contribution is 0.0697. The van der Waals surface area contributed by atoms with Crippen LogP contribution in [0.5, 0.6) is 5.75 Å². The van der Waals surface area contributed by atoms with Crippen LogP contribution in [0.15, 0.2) is 42.5 Å². The summed E-state index contributed by atoms with van der Waals surface area (Å²) in [6.07, 6.45) is 0. The second-order valence-corrected chi connectivity index (χ2v) is 5.68. The van der Waals surface area contributed by atoms with E-state index in [1.807, 2.05) is 6.92 Å². The maximum absolute atomic E-state index is 12.1. The topological polar surface area (TPSA) is 87.7 Å². The van der Waals surface area contributed by atoms with Crippen molar-refractivity contribution in [3.63, 3.8) is 0 Å². The summed E-state index contributed by atoms with van der Waals surface area (Å²) in [5.74, 6) is -0.881. The fraction of sp³-hybridized carbons (Fsp3) is 0.118. The number of ether oxygens (including phenoxy) is 1. The molecule has 3 N–H and O–H groups in total. The van der Waals surface area contributed by atoms with Crippen molar-refractivity contribution in [1.82, 2.24) is 5.32 Å². The van der Waals surface area contributed by atoms with Gasteiger partial charge in [-0.1, -0.05) is 11.6 Å². The van der Waals surface area contributed by atoms with Crippen LogP contribution in [0, 0.1) is 0 Å². The van der Waals surface area contributed by atoms with E-state index in [0.29, 0.717) is 23.6 Å². The number of hydrogen-bond donors (Lipinski definition) is 3. The standard InChI is InChI=1S/C17H15ClN2O4S/c1-2-24-12-6-3-10(4-7-12)15(21)20-17(25)19-11-5-8-14(18)13(9-11)16(22)23/h3-9H,2H2,1H3,(H,22,23)(H2,19,20,21,25). The predicted molar refractivity (Wildman–Crippen MR) is 99.7 cm³/mol. The predicted octanol–water partition coefficient (Wildman–Crippen LogP) is 3.56. The van der Waals surface area contributed by atoms with Crippen LogP contribution in [0.25, 0.3) is 0 Å². The van der Waals surface area contributed by atoms with E-state index in [9.17, 15) is 9.59 Å². The third-order valence-electron chi connectivity index (χ3n) is 3.11. The second-order valence-electron chi connectivity index (χ2n) is 4.87. The van der Waals surface area contributed by atoms with Crippen LogP contribution >= 0.6 is 23.8 Å². The molecule has 0 aliphatic rings. The van der Waals surface area contributed by atoms with Gasteiger partial charge in [0.1, 0.15) is 5.75 Å². The van der Waals surface area contributed by atoms with Crippen LogP contribution in [0.2, 0.25) is 5.02 Å². The number of nitrogens with one attached hydrogen (secondary N) is 2. The van der Waals surface area contributed by atoms with Gasteiger partial charge in [0.05, 0.1) is 17.2 Å². The Kier molecular flexibility index (Phi) is 6.32. The largest absolute Gasteiger partial charge is 0.494 e. The van der Waals surface area contributed by atoms with E-state index in [0.717, 1.165) is 0 Å². The molecule has 0 bridgehead atoms. The van der Waals surface area contributed by atoms with Gasteiger partial charge in [-0.25, -0.2) is 4.79 Å². The molecule has 1 amide bonds. The molecule has 0 unspecified atom stereocenters. The number of aromatic carboxylic acids is 1. The lowest BCUT2D eigenvalue weighted by Gasteiger charge is -2.11. The van der Waals surface area contributed by atoms with Crippen molar-refractivity contribution in [2.45, 2.75) is 6.92 Å². The zero-order valence-corrected chi connectivity index (χ0v) is 14.8. The minimum atomic E-state index is -1.15. The molecule has 0 radical (unpaired) electrons. The summed E-state index contributed by atoms with van der Waals surface area (Å²) in [7, 11) is 0. The maximum Gasteiger partial charge on any atom is 0.337 e. The summed E-state index contributed by atoms with van der Waals surface area (Å²) in [6, 6.07) is 10.9. The average Bonchev–Trinajstić information content (AvgIpc) is 2.57. The van der Waals surface area contributed by atoms with Crippen LogP contribution in [-0.2, 0) is 0 Å². The SMILES string of the molecule is CCOc1ccc(C(=O)NC(=S)Nc2ccc(Cl)c(C(=O)O)c2)cc1. The van der Waals surface area contributed by atoms with E-state index in [1.54, 1.807) is 30.3 Å². The van der Waals surface area contributed by atoms with Gasteiger partial charge in [-0.2, -0.15) is 0 Å². The Hall–Kier alpha value is -2.64. The number of benzene rings is 2. The number of carbonyl (C=O) groups is 2. The Morgan fingerprint density at radius 3 is 2.48 bits per heavy atom. The first-order chi connectivity index (χ1) is 11.9. The van der Waals surface area contributed by atoms with E-state index in [4.69, 9.17) is 33.7 Å². The lowest BCUT2D eigenvalue weighted by Crippen LogP contribution is -2.34. The van der Waals surface area contributed by atoms with E-state index >= 15 is 0 Å². The first-order valence-electron chi connectivity index (χ1n) is 7.28. The normalized spacial score (nSPS) is 10.0. The number of thiocarbonyl (C=S) groups is 1. The maximum atomic E-state index is 12.1. The number of carboxylic acid groups (broad SMARTS) is 1. The van der Waals surface area contributed by atoms with Crippen molar-refractivity contribution in [3.8, 4) is 5.75 Å². The molecule has 6 nitrogen and oxygen atoms in total. The van der Waals surface area contributed by atoms with Crippen LogP contribution in [0.1, 0.15) is 27.6 Å². The molecule has 0 heterocycles. The van der Waals surface area contributed by atoms with Crippen molar-refractivity contribution in [3.05, 3.63) is 58.6 Å². The van der Waals surface area contributed by atoms with Crippen molar-refractivity contribution in [2.24, 2.45) is 0 Å². The number of anilines is 1. The van der Waals surface area contributed by atoms with Crippen LogP contribution < -0.4 is 15.4 Å². The molecular formula is C17H15ClN2O4S. The summed E-state index contributed by atoms with van der Waals surface area (Å²) >= 11 is 10.9. The Morgan fingerprint density at radius 2 is 1.88 bits per heavy atom. The number of rotatable bonds is 5. The molecule has 0 fully saturated rings. The van der Waals surface area contributed by atoms with Gasteiger partial charge in [0.25, 0.3) is 5.91 Å². The van der Waals surface area contributed by atoms with Crippen molar-refractivity contribution in [2.75, 3.05) is 11.9 Å². The highest BCUT2D eigenvalue weighted by molar-refractivity contribution is 7.80. The zero-order valence-electron chi connectivity index (χ0n) is 13.2. The summed E-state index contributed by atoms with van der Waals surface area (Å²) < 4.78 is 5.31. The van der Waals surface area contributed by atoms with Gasteiger partial charge in [0.15, 0.2) is 5.11 Å². The fourth-order valence-corrected chi connectivity index (χ4v) is 2.38. The van der Waals surface area contributed by atoms with Gasteiger partial charge in [-0.05, 0) is 61.6 Å². The summed E-state index contributed by atoms with van der Waals surface area (Å²) in [5, 5.41) is 14.5. The molecule has 0 aliphatic heterocycles. The van der Waals surface area contributed by atoms with Gasteiger partial charge >= 0.3 is 5.97 Å². The summed E-state index contributed by atoms with van der Waals surface area (Å²) in [5.41, 5.74) is 0.751. The van der Waals surface area contributed by atoms with Crippen LogP contribution in [0.4, 0.5) is 5.69 Å². The van der Waals surface area contributed by atoms with Crippen LogP contribution in [-0.4, -0.2) is 28.7 Å². The van der Waals surface area contributed by atoms with Crippen LogP contribution in [0.3, 0.4) is 0 Å². The molecule has 2 aromatic rings. The monoisotopic (exact) mass is 378 g/mol. The molecule has 25 heavy (non-hydrogen) atoms. The van der Waals surface area contributed by atoms with E-state index < -0.39 is 11.9 Å². The smallest absolute Gasteiger partial charge is 0.337 e. The van der Waals surface area contributed by atoms with E-state index in [-0.39, 0.29) is 15.7 Å². The number of carbonyl (C=O) groups excluding carboxylic acids is 1. The molecule has 0 aromatic heterocycles. The van der Waals surface area contributed by atoms with E-state index in [1.165, 1.54) is 12.1 Å². The molecule has 0 aliphatic carbocycles. The second kappa shape index (κ2) is 8.46. The molecule has 8 heteroatoms. The molecule has 130 valence electrons. The number of halogens is 1. The van der Waals surface area contributed by atoms with Crippen molar-refractivity contribution >= 4 is 46.5 Å². The quantitative estimate of drug-likeness (QED) is 0.689. The Labute approximate surface area is 154 Å². The van der Waals surface area contributed by atoms with Gasteiger partial charge in [0.2, 0.25) is 0 Å². The molecule has 2 aromatic carbocycles. The van der Waals surface area contributed by atoms with E-state index in [2.05, 4.69) is 10.6 Å². The minimum absolute atomic E-state index is 0.0394. The Balaban J connectivity index is 2.01. The van der Waals surface area contributed by atoms with Crippen molar-refractivity contribution in [1.29, 1.82) is 0 Å². The Bertz CT molecular complexity index is 809. The first kappa shape index (κ1) is 18.7. The molecule has 0 spiro atoms. The number of amides is 1. The van der Waals surface area contributed by atoms with Gasteiger partial charge in [0, 0.05) is 11.3 Å². The molecular weight excluding hydrogens is 364 g/mol. The highest BCUT2D eigenvalue weighted by Gasteiger charge is 2.12. The third kappa shape index (κ3) is 5.17. The molecule has 0 saturated heterocycles. The molecule has 0 saturated carbocycles. The molecule has 2 rings (SSSR count). The third-order valence-corrected chi connectivity index (χ3v) is 3.64. The lowest BCUT2D eigenvalue weighted by atomic mass is 10.2. The number of hydrogen-bond acceptors (Lipinski definition) is 4. The summed E-state index contributed by atoms with van der Waals surface area (Å²) in [6.45, 7) is 2.41. The minimum Gasteiger partial charge on any atom is -0.494 e. The highest BCUT2D eigenvalue weighted by Crippen LogP contribution is 2.20. The Morgan fingerprint density at radius 1 is 1.20 bits per heavy atom. The van der Waals surface area contributed by atoms with Gasteiger partial charge in [-0.3, -0.25) is 10.1 Å². The first-order valence-corrected chi connectivity index (χ1v) is 8.07. The highest BCUT2D eigenvalue weighted by atomic mass is 35.5. The van der Waals surface area contributed by atoms with Gasteiger partial charge < -0.3 is 15.2 Å². The average molecular weight is 379 g/mol. The van der Waals surface area contributed by atoms with Gasteiger partial charge in [-0.15, -0.1) is 0 Å². The number of carboxylic acids is 1.